The third kappa shape index (κ3) is 7.34. The van der Waals surface area contributed by atoms with Gasteiger partial charge in [-0.2, -0.15) is 0 Å². The predicted molar refractivity (Wildman–Crippen MR) is 118 cm³/mol. The summed E-state index contributed by atoms with van der Waals surface area (Å²) in [4.78, 5) is 25.5. The molecule has 13 heteroatoms. The van der Waals surface area contributed by atoms with Gasteiger partial charge in [-0.1, -0.05) is 18.2 Å². The summed E-state index contributed by atoms with van der Waals surface area (Å²) < 4.78 is 27.9. The van der Waals surface area contributed by atoms with E-state index in [0.717, 1.165) is 18.2 Å². The van der Waals surface area contributed by atoms with Gasteiger partial charge in [0, 0.05) is 29.6 Å². The van der Waals surface area contributed by atoms with Crippen molar-refractivity contribution < 1.29 is 38.5 Å². The first kappa shape index (κ1) is 26.4. The molecule has 2 aromatic rings. The number of nitrogens with two attached hydrogens (primary N) is 2. The third-order valence-corrected chi connectivity index (χ3v) is 5.08. The fraction of sp³-hybridized carbons (Fsp3) is 0.300. The minimum Gasteiger partial charge on any atom is -0.423 e. The number of hydrogen-bond acceptors (Lipinski definition) is 7. The van der Waals surface area contributed by atoms with Crippen molar-refractivity contribution in [1.29, 1.82) is 0 Å². The molecular weight excluding hydrogens is 438 g/mol. The van der Waals surface area contributed by atoms with Crippen LogP contribution < -0.4 is 22.4 Å². The molecule has 0 bridgehead atoms. The molecule has 9 nitrogen and oxygen atoms in total. The number of hydrogen-bond donors (Lipinski definition) is 6. The van der Waals surface area contributed by atoms with Crippen LogP contribution in [0.3, 0.4) is 0 Å². The summed E-state index contributed by atoms with van der Waals surface area (Å²) in [6.07, 6.45) is 1.17. The Labute approximate surface area is 189 Å². The van der Waals surface area contributed by atoms with E-state index in [1.165, 1.54) is 23.1 Å². The Morgan fingerprint density at radius 2 is 1.61 bits per heavy atom. The van der Waals surface area contributed by atoms with Crippen LogP contribution in [0, 0.1) is 11.6 Å². The molecule has 0 fully saturated rings. The van der Waals surface area contributed by atoms with Gasteiger partial charge in [-0.15, -0.1) is 0 Å². The second kappa shape index (κ2) is 11.9. The van der Waals surface area contributed by atoms with Crippen molar-refractivity contribution in [2.24, 2.45) is 11.5 Å². The quantitative estimate of drug-likeness (QED) is 0.165. The maximum Gasteiger partial charge on any atom is 0.491 e. The normalized spacial score (nSPS) is 11.7. The average molecular weight is 463 g/mol. The van der Waals surface area contributed by atoms with Crippen molar-refractivity contribution in [3.05, 3.63) is 59.2 Å². The first-order valence-electron chi connectivity index (χ1n) is 10.2. The number of benzene rings is 2. The minimum atomic E-state index is -2.05. The molecule has 0 spiro atoms. The topological polar surface area (TPSA) is 170 Å². The highest BCUT2D eigenvalue weighted by molar-refractivity contribution is 6.59. The van der Waals surface area contributed by atoms with E-state index in [9.17, 15) is 28.4 Å². The monoisotopic (exact) mass is 463 g/mol. The summed E-state index contributed by atoms with van der Waals surface area (Å²) in [7, 11) is -4.08. The molecule has 1 atom stereocenters. The highest BCUT2D eigenvalue weighted by Crippen LogP contribution is 2.14. The van der Waals surface area contributed by atoms with Crippen molar-refractivity contribution in [2.75, 3.05) is 6.54 Å². The molecule has 0 aromatic heterocycles. The lowest BCUT2D eigenvalue weighted by Crippen LogP contribution is -2.37. The third-order valence-electron chi connectivity index (χ3n) is 5.08. The van der Waals surface area contributed by atoms with Gasteiger partial charge in [-0.3, -0.25) is 9.59 Å². The number of amides is 2. The standard InChI is InChI=1S/C20H25B2F2N3O6/c23-16-7-4-12(9-15(16)22(32)33)11-27(8-2-1-3-18(25)19(26)28)20(29)13-5-6-14(21(30)31)17(24)10-13/h4-7,9-10,18,30-33H,1-3,8,11,25H2,(H2,26,28). The second-order valence-corrected chi connectivity index (χ2v) is 7.57. The Hall–Kier alpha value is -2.83. The summed E-state index contributed by atoms with van der Waals surface area (Å²) in [5.74, 6) is -3.04. The van der Waals surface area contributed by atoms with Crippen LogP contribution in [0.15, 0.2) is 36.4 Å². The number of nitrogens with zero attached hydrogens (tertiary/aromatic N) is 1. The second-order valence-electron chi connectivity index (χ2n) is 7.57. The Bertz CT molecular complexity index is 996. The van der Waals surface area contributed by atoms with E-state index in [0.29, 0.717) is 24.8 Å². The SMILES string of the molecule is NC(=O)C(N)CCCCN(Cc1ccc(F)c(B(O)O)c1)C(=O)c1ccc(B(O)O)c(F)c1. The number of unbranched alkanes of at least 4 members (excludes halogenated alkanes) is 1. The number of carbonyl (C=O) groups excluding carboxylic acids is 2. The maximum absolute atomic E-state index is 14.2. The molecule has 0 aliphatic carbocycles. The van der Waals surface area contributed by atoms with Gasteiger partial charge in [0.15, 0.2) is 0 Å². The molecule has 2 amide bonds. The number of carbonyl (C=O) groups is 2. The van der Waals surface area contributed by atoms with E-state index in [1.807, 2.05) is 0 Å². The smallest absolute Gasteiger partial charge is 0.423 e. The molecule has 0 saturated heterocycles. The van der Waals surface area contributed by atoms with Gasteiger partial charge in [-0.05, 0) is 43.0 Å². The fourth-order valence-corrected chi connectivity index (χ4v) is 3.22. The van der Waals surface area contributed by atoms with Crippen LogP contribution >= 0.6 is 0 Å². The largest absolute Gasteiger partial charge is 0.491 e. The minimum absolute atomic E-state index is 0.0599. The lowest BCUT2D eigenvalue weighted by Gasteiger charge is -2.24. The summed E-state index contributed by atoms with van der Waals surface area (Å²) >= 11 is 0. The van der Waals surface area contributed by atoms with Crippen LogP contribution in [0.1, 0.15) is 35.2 Å². The van der Waals surface area contributed by atoms with Gasteiger partial charge in [0.2, 0.25) is 5.91 Å². The van der Waals surface area contributed by atoms with Crippen molar-refractivity contribution in [1.82, 2.24) is 4.90 Å². The lowest BCUT2D eigenvalue weighted by atomic mass is 9.79. The van der Waals surface area contributed by atoms with Crippen molar-refractivity contribution in [3.63, 3.8) is 0 Å². The van der Waals surface area contributed by atoms with Crippen LogP contribution in [0.2, 0.25) is 0 Å². The van der Waals surface area contributed by atoms with E-state index in [-0.39, 0.29) is 24.1 Å². The molecule has 2 rings (SSSR count). The van der Waals surface area contributed by atoms with Gasteiger partial charge in [0.1, 0.15) is 11.6 Å². The molecular formula is C20H25B2F2N3O6. The predicted octanol–water partition coefficient (Wildman–Crippen LogP) is -2.05. The van der Waals surface area contributed by atoms with Crippen LogP contribution in [-0.2, 0) is 11.3 Å². The number of primary amides is 1. The molecule has 1 unspecified atom stereocenters. The van der Waals surface area contributed by atoms with E-state index < -0.39 is 49.2 Å². The van der Waals surface area contributed by atoms with E-state index >= 15 is 0 Å². The molecule has 0 radical (unpaired) electrons. The van der Waals surface area contributed by atoms with Gasteiger partial charge < -0.3 is 36.5 Å². The van der Waals surface area contributed by atoms with E-state index in [2.05, 4.69) is 0 Å². The molecule has 8 N–H and O–H groups in total. The van der Waals surface area contributed by atoms with Crippen molar-refractivity contribution >= 4 is 37.0 Å². The van der Waals surface area contributed by atoms with E-state index in [4.69, 9.17) is 21.5 Å². The summed E-state index contributed by atoms with van der Waals surface area (Å²) in [6, 6.07) is 5.98. The zero-order chi connectivity index (χ0) is 24.7. The van der Waals surface area contributed by atoms with Crippen molar-refractivity contribution in [2.45, 2.75) is 31.8 Å². The molecule has 0 aliphatic rings. The maximum atomic E-state index is 14.2. The molecule has 176 valence electrons. The Kier molecular flexibility index (Phi) is 9.50. The highest BCUT2D eigenvalue weighted by atomic mass is 19.1. The van der Waals surface area contributed by atoms with Gasteiger partial charge in [0.05, 0.1) is 6.04 Å². The Morgan fingerprint density at radius 1 is 0.939 bits per heavy atom. The van der Waals surface area contributed by atoms with Crippen molar-refractivity contribution in [3.8, 4) is 0 Å². The molecule has 0 heterocycles. The Morgan fingerprint density at radius 3 is 2.18 bits per heavy atom. The first-order valence-corrected chi connectivity index (χ1v) is 10.2. The van der Waals surface area contributed by atoms with Crippen LogP contribution in [0.4, 0.5) is 8.78 Å². The average Bonchev–Trinajstić information content (AvgIpc) is 2.75. The Balaban J connectivity index is 2.24. The zero-order valence-electron chi connectivity index (χ0n) is 17.7. The number of rotatable bonds is 11. The highest BCUT2D eigenvalue weighted by Gasteiger charge is 2.23. The van der Waals surface area contributed by atoms with Gasteiger partial charge in [-0.25, -0.2) is 8.78 Å². The molecule has 0 aliphatic heterocycles. The van der Waals surface area contributed by atoms with Crippen LogP contribution in [-0.4, -0.2) is 63.6 Å². The summed E-state index contributed by atoms with van der Waals surface area (Å²) in [5, 5.41) is 37.0. The van der Waals surface area contributed by atoms with Crippen LogP contribution in [0.5, 0.6) is 0 Å². The summed E-state index contributed by atoms with van der Waals surface area (Å²) in [5.41, 5.74) is 10.3. The number of halogens is 2. The fourth-order valence-electron chi connectivity index (χ4n) is 3.22. The molecule has 0 saturated carbocycles. The summed E-state index contributed by atoms with van der Waals surface area (Å²) in [6.45, 7) is 0.0946. The van der Waals surface area contributed by atoms with Gasteiger partial charge in [0.25, 0.3) is 5.91 Å². The van der Waals surface area contributed by atoms with E-state index in [1.54, 1.807) is 0 Å². The molecule has 2 aromatic carbocycles. The van der Waals surface area contributed by atoms with Crippen LogP contribution in [0.25, 0.3) is 0 Å². The first-order chi connectivity index (χ1) is 15.5. The molecule has 33 heavy (non-hydrogen) atoms. The van der Waals surface area contributed by atoms with Gasteiger partial charge >= 0.3 is 14.2 Å². The lowest BCUT2D eigenvalue weighted by molar-refractivity contribution is -0.119. The zero-order valence-corrected chi connectivity index (χ0v) is 17.7.